The van der Waals surface area contributed by atoms with E-state index >= 15 is 0 Å². The maximum atomic E-state index is 12.6. The van der Waals surface area contributed by atoms with E-state index in [-0.39, 0.29) is 29.8 Å². The molecule has 0 bridgehead atoms. The van der Waals surface area contributed by atoms with Crippen molar-refractivity contribution in [1.29, 1.82) is 0 Å². The van der Waals surface area contributed by atoms with E-state index in [0.29, 0.717) is 25.2 Å². The Bertz CT molecular complexity index is 701. The highest BCUT2D eigenvalue weighted by Crippen LogP contribution is 2.06. The fraction of sp³-hybridized carbons (Fsp3) is 0.571. The maximum absolute atomic E-state index is 12.6. The molecule has 0 atom stereocenters. The summed E-state index contributed by atoms with van der Waals surface area (Å²) in [6, 6.07) is 7.34. The molecular formula is C21H33N4O3+. The van der Waals surface area contributed by atoms with Crippen molar-refractivity contribution in [2.45, 2.75) is 33.2 Å². The molecule has 1 saturated heterocycles. The highest BCUT2D eigenvalue weighted by molar-refractivity contribution is 5.96. The van der Waals surface area contributed by atoms with Crippen molar-refractivity contribution in [2.75, 3.05) is 46.3 Å². The van der Waals surface area contributed by atoms with Crippen LogP contribution in [-0.4, -0.2) is 79.4 Å². The summed E-state index contributed by atoms with van der Waals surface area (Å²) < 4.78 is 0. The molecule has 0 radical (unpaired) electrons. The molecule has 1 aromatic rings. The molecule has 1 aliphatic heterocycles. The summed E-state index contributed by atoms with van der Waals surface area (Å²) in [7, 11) is 1.65. The molecule has 1 heterocycles. The first-order valence-electron chi connectivity index (χ1n) is 9.79. The number of benzene rings is 1. The van der Waals surface area contributed by atoms with E-state index in [1.807, 2.05) is 39.8 Å². The Morgan fingerprint density at radius 3 is 2.21 bits per heavy atom. The minimum absolute atomic E-state index is 0.0331. The lowest BCUT2D eigenvalue weighted by Gasteiger charge is -2.33. The van der Waals surface area contributed by atoms with Crippen LogP contribution in [0.1, 0.15) is 36.7 Å². The largest absolute Gasteiger partial charge is 0.347 e. The second kappa shape index (κ2) is 9.19. The second-order valence-electron chi connectivity index (χ2n) is 8.63. The van der Waals surface area contributed by atoms with Crippen LogP contribution in [0.5, 0.6) is 0 Å². The number of hydrogen-bond acceptors (Lipinski definition) is 3. The average molecular weight is 390 g/mol. The zero-order chi connectivity index (χ0) is 20.9. The minimum Gasteiger partial charge on any atom is -0.347 e. The van der Waals surface area contributed by atoms with Gasteiger partial charge in [-0.15, -0.1) is 0 Å². The van der Waals surface area contributed by atoms with Gasteiger partial charge in [0, 0.05) is 18.2 Å². The van der Waals surface area contributed by atoms with Crippen molar-refractivity contribution in [2.24, 2.45) is 0 Å². The molecule has 0 spiro atoms. The first-order chi connectivity index (χ1) is 13.0. The molecule has 0 aromatic heterocycles. The van der Waals surface area contributed by atoms with Gasteiger partial charge in [-0.05, 0) is 39.8 Å². The van der Waals surface area contributed by atoms with Crippen LogP contribution < -0.4 is 10.2 Å². The number of likely N-dealkylation sites (N-methyl/N-ethyl adjacent to an activating group) is 1. The quantitative estimate of drug-likeness (QED) is 0.727. The lowest BCUT2D eigenvalue weighted by Crippen LogP contribution is -3.16. The van der Waals surface area contributed by atoms with Crippen LogP contribution in [0.3, 0.4) is 0 Å². The Hall–Kier alpha value is -2.41. The number of aryl methyl sites for hydroxylation is 1. The van der Waals surface area contributed by atoms with E-state index in [9.17, 15) is 14.4 Å². The third kappa shape index (κ3) is 6.64. The van der Waals surface area contributed by atoms with Gasteiger partial charge in [0.05, 0.1) is 32.7 Å². The summed E-state index contributed by atoms with van der Waals surface area (Å²) in [6.07, 6.45) is 0. The summed E-state index contributed by atoms with van der Waals surface area (Å²) in [5.41, 5.74) is 1.44. The van der Waals surface area contributed by atoms with E-state index in [2.05, 4.69) is 5.32 Å². The van der Waals surface area contributed by atoms with Gasteiger partial charge in [-0.2, -0.15) is 0 Å². The number of nitrogens with zero attached hydrogens (tertiary/aromatic N) is 2. The number of nitrogens with one attached hydrogen (secondary N) is 2. The Balaban J connectivity index is 1.79. The molecule has 0 aliphatic carbocycles. The molecule has 28 heavy (non-hydrogen) atoms. The Morgan fingerprint density at radius 2 is 1.68 bits per heavy atom. The van der Waals surface area contributed by atoms with Crippen LogP contribution in [0.15, 0.2) is 24.3 Å². The molecule has 3 amide bonds. The van der Waals surface area contributed by atoms with E-state index in [1.54, 1.807) is 24.1 Å². The molecular weight excluding hydrogens is 356 g/mol. The number of hydrogen-bond donors (Lipinski definition) is 2. The summed E-state index contributed by atoms with van der Waals surface area (Å²) >= 11 is 0. The van der Waals surface area contributed by atoms with E-state index in [1.165, 1.54) is 9.80 Å². The van der Waals surface area contributed by atoms with Crippen LogP contribution in [0.4, 0.5) is 0 Å². The van der Waals surface area contributed by atoms with Crippen molar-refractivity contribution >= 4 is 17.7 Å². The predicted molar refractivity (Wildman–Crippen MR) is 108 cm³/mol. The second-order valence-corrected chi connectivity index (χ2v) is 8.63. The fourth-order valence-corrected chi connectivity index (χ4v) is 3.23. The number of rotatable bonds is 5. The zero-order valence-electron chi connectivity index (χ0n) is 17.7. The molecule has 2 N–H and O–H groups in total. The number of carbonyl (C=O) groups excluding carboxylic acids is 3. The van der Waals surface area contributed by atoms with Gasteiger partial charge in [0.15, 0.2) is 6.54 Å². The summed E-state index contributed by atoms with van der Waals surface area (Å²) in [5, 5.41) is 2.97. The van der Waals surface area contributed by atoms with Crippen LogP contribution in [0, 0.1) is 6.92 Å². The average Bonchev–Trinajstić information content (AvgIpc) is 2.60. The van der Waals surface area contributed by atoms with Crippen molar-refractivity contribution in [3.05, 3.63) is 35.4 Å². The van der Waals surface area contributed by atoms with Crippen LogP contribution in [0.25, 0.3) is 0 Å². The molecule has 7 heteroatoms. The SMILES string of the molecule is Cc1ccc(C(=O)N(C)CC(=O)N2CC[NH+](CC(=O)NC(C)(C)C)CC2)cc1. The van der Waals surface area contributed by atoms with Crippen molar-refractivity contribution in [3.63, 3.8) is 0 Å². The highest BCUT2D eigenvalue weighted by Gasteiger charge is 2.27. The topological polar surface area (TPSA) is 74.2 Å². The highest BCUT2D eigenvalue weighted by atomic mass is 16.2. The van der Waals surface area contributed by atoms with Crippen LogP contribution in [0.2, 0.25) is 0 Å². The summed E-state index contributed by atoms with van der Waals surface area (Å²) in [5.74, 6) is -0.177. The third-order valence-electron chi connectivity index (χ3n) is 4.77. The van der Waals surface area contributed by atoms with E-state index < -0.39 is 0 Å². The molecule has 1 fully saturated rings. The van der Waals surface area contributed by atoms with Gasteiger partial charge >= 0.3 is 0 Å². The first kappa shape index (κ1) is 21.9. The van der Waals surface area contributed by atoms with Gasteiger partial charge in [-0.1, -0.05) is 17.7 Å². The van der Waals surface area contributed by atoms with Crippen molar-refractivity contribution in [3.8, 4) is 0 Å². The van der Waals surface area contributed by atoms with Gasteiger partial charge in [-0.25, -0.2) is 0 Å². The standard InChI is InChI=1S/C21H32N4O3/c1-16-6-8-17(9-7-16)20(28)23(5)15-19(27)25-12-10-24(11-13-25)14-18(26)22-21(2,3)4/h6-9H,10-15H2,1-5H3,(H,22,26)/p+1. The molecule has 1 aliphatic rings. The number of carbonyl (C=O) groups is 3. The fourth-order valence-electron chi connectivity index (χ4n) is 3.23. The lowest BCUT2D eigenvalue weighted by molar-refractivity contribution is -0.896. The van der Waals surface area contributed by atoms with Gasteiger partial charge in [0.1, 0.15) is 0 Å². The van der Waals surface area contributed by atoms with E-state index in [4.69, 9.17) is 0 Å². The predicted octanol–water partition coefficient (Wildman–Crippen LogP) is -0.291. The first-order valence-corrected chi connectivity index (χ1v) is 9.79. The normalized spacial score (nSPS) is 15.2. The van der Waals surface area contributed by atoms with Gasteiger partial charge in [0.25, 0.3) is 11.8 Å². The van der Waals surface area contributed by atoms with Crippen LogP contribution in [-0.2, 0) is 9.59 Å². The molecule has 0 unspecified atom stereocenters. The summed E-state index contributed by atoms with van der Waals surface area (Å²) in [4.78, 5) is 41.5. The number of quaternary nitrogens is 1. The molecule has 0 saturated carbocycles. The smallest absolute Gasteiger partial charge is 0.275 e. The van der Waals surface area contributed by atoms with Crippen molar-refractivity contribution < 1.29 is 19.3 Å². The van der Waals surface area contributed by atoms with Gasteiger partial charge in [-0.3, -0.25) is 14.4 Å². The Labute approximate surface area is 167 Å². The monoisotopic (exact) mass is 389 g/mol. The molecule has 2 rings (SSSR count). The maximum Gasteiger partial charge on any atom is 0.275 e. The van der Waals surface area contributed by atoms with Gasteiger partial charge < -0.3 is 20.0 Å². The number of amides is 3. The number of piperazine rings is 1. The van der Waals surface area contributed by atoms with E-state index in [0.717, 1.165) is 18.7 Å². The Kier molecular flexibility index (Phi) is 7.18. The summed E-state index contributed by atoms with van der Waals surface area (Å²) in [6.45, 7) is 11.0. The molecule has 7 nitrogen and oxygen atoms in total. The Morgan fingerprint density at radius 1 is 1.11 bits per heavy atom. The van der Waals surface area contributed by atoms with Gasteiger partial charge in [0.2, 0.25) is 5.91 Å². The minimum atomic E-state index is -0.233. The lowest BCUT2D eigenvalue weighted by atomic mass is 10.1. The molecule has 1 aromatic carbocycles. The van der Waals surface area contributed by atoms with Crippen LogP contribution >= 0.6 is 0 Å². The zero-order valence-corrected chi connectivity index (χ0v) is 17.7. The third-order valence-corrected chi connectivity index (χ3v) is 4.77. The van der Waals surface area contributed by atoms with Crippen molar-refractivity contribution in [1.82, 2.24) is 15.1 Å². The molecule has 154 valence electrons.